The van der Waals surface area contributed by atoms with E-state index >= 15 is 0 Å². The molecule has 0 amide bonds. The zero-order chi connectivity index (χ0) is 8.43. The van der Waals surface area contributed by atoms with E-state index in [4.69, 9.17) is 0 Å². The van der Waals surface area contributed by atoms with E-state index in [0.29, 0.717) is 6.42 Å². The van der Waals surface area contributed by atoms with Crippen molar-refractivity contribution in [3.05, 3.63) is 12.2 Å². The molecule has 0 radical (unpaired) electrons. The first-order valence-corrected chi connectivity index (χ1v) is 4.59. The van der Waals surface area contributed by atoms with E-state index in [9.17, 15) is 9.59 Å². The molecule has 3 heteroatoms. The normalized spacial score (nSPS) is 24.8. The maximum Gasteiger partial charge on any atom is 0.179 e. The second-order valence-corrected chi connectivity index (χ2v) is 3.89. The van der Waals surface area contributed by atoms with Crippen LogP contribution in [0.4, 0.5) is 0 Å². The van der Waals surface area contributed by atoms with Gasteiger partial charge in [0.15, 0.2) is 11.6 Å². The number of carbonyl (C=O) groups is 2. The van der Waals surface area contributed by atoms with Gasteiger partial charge >= 0.3 is 0 Å². The Balaban J connectivity index is 2.67. The molecule has 0 saturated heterocycles. The molecular weight excluding hydrogens is 160 g/mol. The molecule has 0 aromatic heterocycles. The lowest BCUT2D eigenvalue weighted by molar-refractivity contribution is -0.116. The van der Waals surface area contributed by atoms with Crippen molar-refractivity contribution in [2.75, 3.05) is 5.75 Å². The van der Waals surface area contributed by atoms with Gasteiger partial charge in [-0.05, 0) is 5.75 Å². The monoisotopic (exact) mass is 170 g/mol. The van der Waals surface area contributed by atoms with Crippen LogP contribution in [0.2, 0.25) is 0 Å². The van der Waals surface area contributed by atoms with Crippen LogP contribution in [0, 0.1) is 0 Å². The highest BCUT2D eigenvalue weighted by atomic mass is 32.2. The minimum atomic E-state index is -0.139. The zero-order valence-electron chi connectivity index (χ0n) is 6.42. The van der Waals surface area contributed by atoms with Crippen molar-refractivity contribution >= 4 is 23.3 Å². The maximum absolute atomic E-state index is 11.2. The fraction of sp³-hybridized carbons (Fsp3) is 0.500. The molecule has 1 fully saturated rings. The number of hydrogen-bond acceptors (Lipinski definition) is 3. The van der Waals surface area contributed by atoms with E-state index in [1.807, 2.05) is 6.92 Å². The van der Waals surface area contributed by atoms with E-state index in [-0.39, 0.29) is 22.4 Å². The molecule has 0 bridgehead atoms. The quantitative estimate of drug-likeness (QED) is 0.461. The van der Waals surface area contributed by atoms with Crippen LogP contribution >= 0.6 is 11.8 Å². The second kappa shape index (κ2) is 3.22. The van der Waals surface area contributed by atoms with Gasteiger partial charge in [0.1, 0.15) is 0 Å². The number of thioether (sulfide) groups is 1. The van der Waals surface area contributed by atoms with Gasteiger partial charge in [-0.15, -0.1) is 0 Å². The molecule has 1 rings (SSSR count). The van der Waals surface area contributed by atoms with Gasteiger partial charge in [0.2, 0.25) is 0 Å². The lowest BCUT2D eigenvalue weighted by Crippen LogP contribution is -2.09. The fourth-order valence-corrected chi connectivity index (χ4v) is 2.02. The van der Waals surface area contributed by atoms with Crippen LogP contribution in [0.25, 0.3) is 0 Å². The van der Waals surface area contributed by atoms with Crippen molar-refractivity contribution in [2.45, 2.75) is 18.6 Å². The number of allylic oxidation sites excluding steroid dienone is 1. The molecule has 0 aromatic rings. The predicted molar refractivity (Wildman–Crippen MR) is 45.7 cm³/mol. The molecule has 60 valence electrons. The first kappa shape index (κ1) is 8.53. The highest BCUT2D eigenvalue weighted by Crippen LogP contribution is 2.26. The zero-order valence-corrected chi connectivity index (χ0v) is 7.24. The Morgan fingerprint density at radius 2 is 2.27 bits per heavy atom. The van der Waals surface area contributed by atoms with Gasteiger partial charge < -0.3 is 0 Å². The number of hydrogen-bond donors (Lipinski definition) is 0. The molecule has 1 unspecified atom stereocenters. The first-order chi connectivity index (χ1) is 5.16. The Kier molecular flexibility index (Phi) is 2.49. The third kappa shape index (κ3) is 1.53. The van der Waals surface area contributed by atoms with Crippen molar-refractivity contribution in [1.29, 1.82) is 0 Å². The lowest BCUT2D eigenvalue weighted by Gasteiger charge is -2.01. The van der Waals surface area contributed by atoms with Gasteiger partial charge in [-0.2, -0.15) is 11.8 Å². The fourth-order valence-electron chi connectivity index (χ4n) is 1.05. The Morgan fingerprint density at radius 3 is 2.64 bits per heavy atom. The summed E-state index contributed by atoms with van der Waals surface area (Å²) in [5.41, 5.74) is 0.191. The molecule has 1 saturated carbocycles. The smallest absolute Gasteiger partial charge is 0.179 e. The van der Waals surface area contributed by atoms with Gasteiger partial charge in [-0.25, -0.2) is 0 Å². The Hall–Kier alpha value is -0.570. The molecule has 0 N–H and O–H groups in total. The topological polar surface area (TPSA) is 34.1 Å². The van der Waals surface area contributed by atoms with Crippen LogP contribution in [0.1, 0.15) is 13.3 Å². The molecule has 1 atom stereocenters. The van der Waals surface area contributed by atoms with Crippen molar-refractivity contribution in [3.8, 4) is 0 Å². The summed E-state index contributed by atoms with van der Waals surface area (Å²) < 4.78 is 0. The molecule has 0 heterocycles. The summed E-state index contributed by atoms with van der Waals surface area (Å²) in [4.78, 5) is 22.1. The molecule has 0 aromatic carbocycles. The molecule has 1 aliphatic rings. The molecular formula is C8H10O2S. The van der Waals surface area contributed by atoms with Gasteiger partial charge in [0.05, 0.1) is 10.8 Å². The number of Topliss-reactive ketones (excluding diaryl/α,β-unsaturated/α-hetero) is 2. The SMILES string of the molecule is C=C1C(=O)CC(SCC)C1=O. The van der Waals surface area contributed by atoms with Gasteiger partial charge in [-0.1, -0.05) is 13.5 Å². The van der Waals surface area contributed by atoms with Gasteiger partial charge in [0, 0.05) is 6.42 Å². The summed E-state index contributed by atoms with van der Waals surface area (Å²) in [5, 5.41) is -0.139. The third-order valence-electron chi connectivity index (χ3n) is 1.67. The van der Waals surface area contributed by atoms with Gasteiger partial charge in [-0.3, -0.25) is 9.59 Å². The lowest BCUT2D eigenvalue weighted by atomic mass is 10.2. The average molecular weight is 170 g/mol. The summed E-state index contributed by atoms with van der Waals surface area (Å²) in [6.07, 6.45) is 0.357. The molecule has 2 nitrogen and oxygen atoms in total. The molecule has 0 spiro atoms. The van der Waals surface area contributed by atoms with Gasteiger partial charge in [0.25, 0.3) is 0 Å². The Morgan fingerprint density at radius 1 is 1.64 bits per heavy atom. The summed E-state index contributed by atoms with van der Waals surface area (Å²) in [5.74, 6) is 0.722. The van der Waals surface area contributed by atoms with E-state index in [1.54, 1.807) is 0 Å². The maximum atomic E-state index is 11.2. The summed E-state index contributed by atoms with van der Waals surface area (Å²) >= 11 is 1.52. The number of carbonyl (C=O) groups excluding carboxylic acids is 2. The Bertz CT molecular complexity index is 220. The highest BCUT2D eigenvalue weighted by molar-refractivity contribution is 8.00. The molecule has 1 aliphatic carbocycles. The minimum absolute atomic E-state index is 0.0677. The summed E-state index contributed by atoms with van der Waals surface area (Å²) in [6.45, 7) is 5.41. The summed E-state index contributed by atoms with van der Waals surface area (Å²) in [7, 11) is 0. The number of rotatable bonds is 2. The van der Waals surface area contributed by atoms with Crippen LogP contribution in [0.15, 0.2) is 12.2 Å². The Labute approximate surface area is 70.0 Å². The van der Waals surface area contributed by atoms with E-state index in [2.05, 4.69) is 6.58 Å². The number of ketones is 2. The first-order valence-electron chi connectivity index (χ1n) is 3.54. The van der Waals surface area contributed by atoms with E-state index in [1.165, 1.54) is 11.8 Å². The van der Waals surface area contributed by atoms with Crippen LogP contribution in [0.5, 0.6) is 0 Å². The molecule has 0 aliphatic heterocycles. The highest BCUT2D eigenvalue weighted by Gasteiger charge is 2.34. The molecule has 11 heavy (non-hydrogen) atoms. The van der Waals surface area contributed by atoms with Crippen molar-refractivity contribution in [2.24, 2.45) is 0 Å². The third-order valence-corrected chi connectivity index (χ3v) is 2.78. The van der Waals surface area contributed by atoms with Crippen molar-refractivity contribution in [1.82, 2.24) is 0 Å². The van der Waals surface area contributed by atoms with E-state index < -0.39 is 0 Å². The second-order valence-electron chi connectivity index (χ2n) is 2.41. The minimum Gasteiger partial charge on any atom is -0.294 e. The standard InChI is InChI=1S/C8H10O2S/c1-3-11-7-4-6(9)5(2)8(7)10/h7H,2-4H2,1H3. The van der Waals surface area contributed by atoms with Crippen LogP contribution < -0.4 is 0 Å². The predicted octanol–water partition coefficient (Wildman–Crippen LogP) is 1.21. The largest absolute Gasteiger partial charge is 0.294 e. The van der Waals surface area contributed by atoms with Crippen LogP contribution in [0.3, 0.4) is 0 Å². The van der Waals surface area contributed by atoms with E-state index in [0.717, 1.165) is 5.75 Å². The van der Waals surface area contributed by atoms with Crippen molar-refractivity contribution < 1.29 is 9.59 Å². The summed E-state index contributed by atoms with van der Waals surface area (Å²) in [6, 6.07) is 0. The van der Waals surface area contributed by atoms with Crippen LogP contribution in [-0.4, -0.2) is 22.6 Å². The van der Waals surface area contributed by atoms with Crippen molar-refractivity contribution in [3.63, 3.8) is 0 Å². The average Bonchev–Trinajstić information content (AvgIpc) is 2.19. The van der Waals surface area contributed by atoms with Crippen LogP contribution in [-0.2, 0) is 9.59 Å².